The largest absolute Gasteiger partial charge is 0.308 e. The summed E-state index contributed by atoms with van der Waals surface area (Å²) in [4.78, 5) is 14.4. The second-order valence-electron chi connectivity index (χ2n) is 5.78. The van der Waals surface area contributed by atoms with Gasteiger partial charge in [-0.05, 0) is 31.9 Å². The lowest BCUT2D eigenvalue weighted by atomic mass is 10.3. The number of aromatic nitrogens is 3. The van der Waals surface area contributed by atoms with Crippen molar-refractivity contribution in [3.63, 3.8) is 0 Å². The Morgan fingerprint density at radius 2 is 2.12 bits per heavy atom. The highest BCUT2D eigenvalue weighted by molar-refractivity contribution is 7.99. The van der Waals surface area contributed by atoms with Gasteiger partial charge in [0.15, 0.2) is 5.16 Å². The zero-order chi connectivity index (χ0) is 16.9. The monoisotopic (exact) mass is 342 g/mol. The number of nitrogens with zero attached hydrogens (tertiary/aromatic N) is 4. The van der Waals surface area contributed by atoms with Crippen LogP contribution in [0.3, 0.4) is 0 Å². The summed E-state index contributed by atoms with van der Waals surface area (Å²) in [6.07, 6.45) is 4.14. The van der Waals surface area contributed by atoms with Crippen LogP contribution in [0.15, 0.2) is 48.1 Å². The van der Waals surface area contributed by atoms with Crippen LogP contribution in [-0.4, -0.2) is 33.0 Å². The number of thioether (sulfide) groups is 1. The van der Waals surface area contributed by atoms with Gasteiger partial charge in [-0.1, -0.05) is 36.0 Å². The lowest BCUT2D eigenvalue weighted by Crippen LogP contribution is -2.32. The molecular formula is C18H22N4OS. The molecule has 3 rings (SSSR count). The molecule has 1 saturated carbocycles. The lowest BCUT2D eigenvalue weighted by Gasteiger charge is -2.21. The van der Waals surface area contributed by atoms with Gasteiger partial charge in [-0.25, -0.2) is 0 Å². The van der Waals surface area contributed by atoms with E-state index < -0.39 is 0 Å². The maximum Gasteiger partial charge on any atom is 0.237 e. The third kappa shape index (κ3) is 3.70. The average molecular weight is 342 g/mol. The predicted molar refractivity (Wildman–Crippen MR) is 97.4 cm³/mol. The quantitative estimate of drug-likeness (QED) is 0.544. The summed E-state index contributed by atoms with van der Waals surface area (Å²) < 4.78 is 2.13. The molecule has 0 spiro atoms. The minimum absolute atomic E-state index is 0.0460. The number of amides is 1. The average Bonchev–Trinajstić information content (AvgIpc) is 3.38. The molecule has 6 heteroatoms. The molecule has 0 atom stereocenters. The van der Waals surface area contributed by atoms with Gasteiger partial charge >= 0.3 is 0 Å². The first kappa shape index (κ1) is 16.8. The van der Waals surface area contributed by atoms with Gasteiger partial charge in [-0.15, -0.1) is 16.8 Å². The molecule has 1 amide bonds. The zero-order valence-corrected chi connectivity index (χ0v) is 14.7. The molecule has 1 aliphatic rings. The number of carbonyl (C=O) groups excluding carboxylic acids is 1. The summed E-state index contributed by atoms with van der Waals surface area (Å²) in [5.74, 6) is 2.01. The molecule has 1 fully saturated rings. The Bertz CT molecular complexity index is 709. The van der Waals surface area contributed by atoms with Crippen molar-refractivity contribution in [1.82, 2.24) is 14.8 Å². The van der Waals surface area contributed by atoms with Crippen LogP contribution in [0.2, 0.25) is 0 Å². The number of rotatable bonds is 8. The van der Waals surface area contributed by atoms with Crippen molar-refractivity contribution in [3.8, 4) is 0 Å². The maximum absolute atomic E-state index is 12.7. The predicted octanol–water partition coefficient (Wildman–Crippen LogP) is 3.49. The molecule has 24 heavy (non-hydrogen) atoms. The Kier molecular flexibility index (Phi) is 5.35. The maximum atomic E-state index is 12.7. The van der Waals surface area contributed by atoms with Gasteiger partial charge in [-0.3, -0.25) is 4.79 Å². The van der Waals surface area contributed by atoms with Crippen molar-refractivity contribution in [1.29, 1.82) is 0 Å². The van der Waals surface area contributed by atoms with E-state index in [0.717, 1.165) is 23.2 Å². The Balaban J connectivity index is 1.68. The summed E-state index contributed by atoms with van der Waals surface area (Å²) in [5.41, 5.74) is 0.888. The Labute approximate surface area is 146 Å². The van der Waals surface area contributed by atoms with E-state index in [-0.39, 0.29) is 5.91 Å². The zero-order valence-electron chi connectivity index (χ0n) is 13.9. The molecule has 2 aromatic rings. The molecule has 0 bridgehead atoms. The van der Waals surface area contributed by atoms with Crippen LogP contribution in [0.4, 0.5) is 5.69 Å². The van der Waals surface area contributed by atoms with E-state index in [2.05, 4.69) is 28.3 Å². The molecular weight excluding hydrogens is 320 g/mol. The summed E-state index contributed by atoms with van der Waals surface area (Å²) in [6, 6.07) is 9.68. The van der Waals surface area contributed by atoms with E-state index in [1.807, 2.05) is 30.3 Å². The SMILES string of the molecule is C=CCN(C(=O)CSc1nnc(C2CC2)n1CC)c1ccccc1. The van der Waals surface area contributed by atoms with Crippen LogP contribution >= 0.6 is 11.8 Å². The van der Waals surface area contributed by atoms with E-state index in [0.29, 0.717) is 18.2 Å². The van der Waals surface area contributed by atoms with Crippen LogP contribution < -0.4 is 4.90 Å². The third-order valence-corrected chi connectivity index (χ3v) is 4.96. The molecule has 0 saturated heterocycles. The van der Waals surface area contributed by atoms with Gasteiger partial charge in [0, 0.05) is 24.7 Å². The van der Waals surface area contributed by atoms with Crippen LogP contribution in [0.25, 0.3) is 0 Å². The smallest absolute Gasteiger partial charge is 0.237 e. The minimum atomic E-state index is 0.0460. The molecule has 0 aliphatic heterocycles. The summed E-state index contributed by atoms with van der Waals surface area (Å²) in [5, 5.41) is 9.43. The number of carbonyl (C=O) groups is 1. The molecule has 1 aromatic carbocycles. The second kappa shape index (κ2) is 7.66. The first-order valence-corrected chi connectivity index (χ1v) is 9.25. The number of anilines is 1. The fourth-order valence-electron chi connectivity index (χ4n) is 2.64. The van der Waals surface area contributed by atoms with Gasteiger partial charge in [0.25, 0.3) is 0 Å². The Hall–Kier alpha value is -2.08. The van der Waals surface area contributed by atoms with E-state index in [1.165, 1.54) is 24.6 Å². The first-order valence-electron chi connectivity index (χ1n) is 8.26. The van der Waals surface area contributed by atoms with Gasteiger partial charge in [0.05, 0.1) is 5.75 Å². The highest BCUT2D eigenvalue weighted by Gasteiger charge is 2.30. The molecule has 0 N–H and O–H groups in total. The molecule has 1 heterocycles. The Morgan fingerprint density at radius 1 is 1.38 bits per heavy atom. The van der Waals surface area contributed by atoms with Gasteiger partial charge < -0.3 is 9.47 Å². The minimum Gasteiger partial charge on any atom is -0.308 e. The van der Waals surface area contributed by atoms with E-state index in [4.69, 9.17) is 0 Å². The standard InChI is InChI=1S/C18H22N4OS/c1-3-12-22(15-8-6-5-7-9-15)16(23)13-24-18-20-19-17(14-10-11-14)21(18)4-2/h3,5-9,14H,1,4,10-13H2,2H3. The van der Waals surface area contributed by atoms with E-state index in [9.17, 15) is 4.79 Å². The molecule has 126 valence electrons. The normalized spacial score (nSPS) is 13.7. The van der Waals surface area contributed by atoms with Crippen molar-refractivity contribution in [2.24, 2.45) is 0 Å². The molecule has 0 unspecified atom stereocenters. The van der Waals surface area contributed by atoms with E-state index in [1.54, 1.807) is 11.0 Å². The van der Waals surface area contributed by atoms with Gasteiger partial charge in [-0.2, -0.15) is 0 Å². The van der Waals surface area contributed by atoms with Crippen molar-refractivity contribution >= 4 is 23.4 Å². The van der Waals surface area contributed by atoms with Crippen LogP contribution in [0, 0.1) is 0 Å². The molecule has 5 nitrogen and oxygen atoms in total. The van der Waals surface area contributed by atoms with Gasteiger partial charge in [0.1, 0.15) is 5.82 Å². The highest BCUT2D eigenvalue weighted by Crippen LogP contribution is 2.40. The Morgan fingerprint density at radius 3 is 2.75 bits per heavy atom. The van der Waals surface area contributed by atoms with Crippen molar-refractivity contribution in [3.05, 3.63) is 48.8 Å². The van der Waals surface area contributed by atoms with Crippen molar-refractivity contribution < 1.29 is 4.79 Å². The molecule has 1 aromatic heterocycles. The summed E-state index contributed by atoms with van der Waals surface area (Å²) in [7, 11) is 0. The molecule has 1 aliphatic carbocycles. The van der Waals surface area contributed by atoms with Crippen molar-refractivity contribution in [2.45, 2.75) is 37.4 Å². The molecule has 0 radical (unpaired) electrons. The fraction of sp³-hybridized carbons (Fsp3) is 0.389. The summed E-state index contributed by atoms with van der Waals surface area (Å²) in [6.45, 7) is 7.18. The third-order valence-electron chi connectivity index (χ3n) is 4.01. The van der Waals surface area contributed by atoms with E-state index >= 15 is 0 Å². The number of hydrogen-bond acceptors (Lipinski definition) is 4. The van der Waals surface area contributed by atoms with Gasteiger partial charge in [0.2, 0.25) is 5.91 Å². The number of benzene rings is 1. The first-order chi connectivity index (χ1) is 11.7. The van der Waals surface area contributed by atoms with Crippen LogP contribution in [0.5, 0.6) is 0 Å². The number of hydrogen-bond donors (Lipinski definition) is 0. The number of para-hydroxylation sites is 1. The fourth-order valence-corrected chi connectivity index (χ4v) is 3.53. The van der Waals surface area contributed by atoms with Crippen LogP contribution in [-0.2, 0) is 11.3 Å². The second-order valence-corrected chi connectivity index (χ2v) is 6.72. The highest BCUT2D eigenvalue weighted by atomic mass is 32.2. The lowest BCUT2D eigenvalue weighted by molar-refractivity contribution is -0.116. The summed E-state index contributed by atoms with van der Waals surface area (Å²) >= 11 is 1.46. The topological polar surface area (TPSA) is 51.0 Å². The van der Waals surface area contributed by atoms with Crippen molar-refractivity contribution in [2.75, 3.05) is 17.2 Å². The van der Waals surface area contributed by atoms with Crippen LogP contribution in [0.1, 0.15) is 31.5 Å².